The predicted octanol–water partition coefficient (Wildman–Crippen LogP) is 2.98. The third-order valence-corrected chi connectivity index (χ3v) is 6.57. The van der Waals surface area contributed by atoms with E-state index in [9.17, 15) is 10.1 Å². The number of unbranched alkanes of at least 4 members (excludes halogenated alkanes) is 1. The number of pyridine rings is 2. The number of hydrogen-bond donors (Lipinski definition) is 1. The Balaban J connectivity index is 1.06. The summed E-state index contributed by atoms with van der Waals surface area (Å²) >= 11 is 0. The maximum Gasteiger partial charge on any atom is 0.249 e. The zero-order valence-electron chi connectivity index (χ0n) is 19.2. The zero-order chi connectivity index (χ0) is 23.3. The molecule has 2 aliphatic rings. The molecule has 5 rings (SSSR count). The van der Waals surface area contributed by atoms with Crippen LogP contribution < -0.4 is 19.9 Å². The Morgan fingerprint density at radius 2 is 1.97 bits per heavy atom. The van der Waals surface area contributed by atoms with Crippen LogP contribution in [0, 0.1) is 17.2 Å². The van der Waals surface area contributed by atoms with Crippen molar-refractivity contribution in [2.24, 2.45) is 5.92 Å². The molecule has 1 unspecified atom stereocenters. The molecule has 3 aromatic rings. The fourth-order valence-electron chi connectivity index (χ4n) is 4.69. The van der Waals surface area contributed by atoms with Gasteiger partial charge in [0.15, 0.2) is 0 Å². The van der Waals surface area contributed by atoms with Crippen LogP contribution >= 0.6 is 0 Å². The number of hydrogen-bond acceptors (Lipinski definition) is 7. The highest BCUT2D eigenvalue weighted by Crippen LogP contribution is 2.35. The number of aromatic nitrogens is 2. The topological polar surface area (TPSA) is 94.5 Å². The lowest BCUT2D eigenvalue weighted by Gasteiger charge is -2.38. The van der Waals surface area contributed by atoms with Crippen LogP contribution in [0.5, 0.6) is 11.6 Å². The minimum absolute atomic E-state index is 0.0655. The van der Waals surface area contributed by atoms with E-state index in [0.717, 1.165) is 63.1 Å². The molecule has 0 aliphatic carbocycles. The van der Waals surface area contributed by atoms with E-state index in [2.05, 4.69) is 38.0 Å². The fourth-order valence-corrected chi connectivity index (χ4v) is 4.69. The third kappa shape index (κ3) is 5.00. The molecule has 0 bridgehead atoms. The van der Waals surface area contributed by atoms with Crippen molar-refractivity contribution in [2.75, 3.05) is 50.8 Å². The van der Waals surface area contributed by atoms with Gasteiger partial charge in [-0.2, -0.15) is 10.2 Å². The molecular formula is C26H29N5O3. The van der Waals surface area contributed by atoms with Crippen LogP contribution in [-0.4, -0.2) is 60.8 Å². The lowest BCUT2D eigenvalue weighted by atomic mass is 9.95. The van der Waals surface area contributed by atoms with Gasteiger partial charge >= 0.3 is 0 Å². The molecule has 0 saturated carbocycles. The van der Waals surface area contributed by atoms with Gasteiger partial charge in [-0.15, -0.1) is 0 Å². The molecule has 1 aromatic carbocycles. The van der Waals surface area contributed by atoms with Gasteiger partial charge in [-0.25, -0.2) is 0 Å². The Morgan fingerprint density at radius 1 is 1.12 bits per heavy atom. The summed E-state index contributed by atoms with van der Waals surface area (Å²) in [6.45, 7) is 6.13. The van der Waals surface area contributed by atoms with Crippen molar-refractivity contribution in [3.8, 4) is 17.7 Å². The lowest BCUT2D eigenvalue weighted by Crippen LogP contribution is -2.47. The lowest BCUT2D eigenvalue weighted by molar-refractivity contribution is 0.235. The number of aromatic amines is 1. The van der Waals surface area contributed by atoms with Crippen LogP contribution in [0.15, 0.2) is 47.3 Å². The van der Waals surface area contributed by atoms with Crippen LogP contribution in [-0.2, 0) is 6.42 Å². The van der Waals surface area contributed by atoms with E-state index in [0.29, 0.717) is 24.7 Å². The Hall–Kier alpha value is -3.57. The van der Waals surface area contributed by atoms with Gasteiger partial charge in [0.1, 0.15) is 18.0 Å². The fraction of sp³-hybridized carbons (Fsp3) is 0.423. The Morgan fingerprint density at radius 3 is 2.82 bits per heavy atom. The highest BCUT2D eigenvalue weighted by Gasteiger charge is 2.26. The van der Waals surface area contributed by atoms with Crippen molar-refractivity contribution in [1.82, 2.24) is 14.9 Å². The number of nitriles is 1. The SMILES string of the molecule is N#CC1COc2cccc(N3CCN(CCCCOc4ccc5ccc(=O)[nH]c5n4)CC3)c2C1. The summed E-state index contributed by atoms with van der Waals surface area (Å²) < 4.78 is 11.6. The van der Waals surface area contributed by atoms with Crippen LogP contribution in [0.2, 0.25) is 0 Å². The molecule has 0 radical (unpaired) electrons. The van der Waals surface area contributed by atoms with Crippen LogP contribution in [0.3, 0.4) is 0 Å². The van der Waals surface area contributed by atoms with Crippen molar-refractivity contribution in [3.05, 3.63) is 58.4 Å². The van der Waals surface area contributed by atoms with E-state index < -0.39 is 0 Å². The standard InChI is InChI=1S/C26H29N5O3/c27-17-19-16-21-22(4-3-5-23(21)34-18-19)31-13-11-30(12-14-31)10-1-2-15-33-25-9-7-20-6-8-24(32)28-26(20)29-25/h3-9,19H,1-2,10-16,18H2,(H,28,29,32). The molecule has 8 nitrogen and oxygen atoms in total. The van der Waals surface area contributed by atoms with Gasteiger partial charge in [-0.3, -0.25) is 9.69 Å². The molecule has 2 aliphatic heterocycles. The van der Waals surface area contributed by atoms with Crippen LogP contribution in [0.25, 0.3) is 11.0 Å². The van der Waals surface area contributed by atoms with Crippen molar-refractivity contribution in [2.45, 2.75) is 19.3 Å². The molecule has 4 heterocycles. The second-order valence-electron chi connectivity index (χ2n) is 8.89. The van der Waals surface area contributed by atoms with Crippen molar-refractivity contribution in [1.29, 1.82) is 5.26 Å². The summed E-state index contributed by atoms with van der Waals surface area (Å²) in [5, 5.41) is 10.2. The van der Waals surface area contributed by atoms with E-state index >= 15 is 0 Å². The number of anilines is 1. The summed E-state index contributed by atoms with van der Waals surface area (Å²) in [7, 11) is 0. The number of fused-ring (bicyclic) bond motifs is 2. The number of H-pyrrole nitrogens is 1. The summed E-state index contributed by atoms with van der Waals surface area (Å²) in [4.78, 5) is 23.5. The Labute approximate surface area is 198 Å². The quantitative estimate of drug-likeness (QED) is 0.543. The predicted molar refractivity (Wildman–Crippen MR) is 130 cm³/mol. The molecule has 8 heteroatoms. The van der Waals surface area contributed by atoms with E-state index in [-0.39, 0.29) is 11.5 Å². The largest absolute Gasteiger partial charge is 0.492 e. The van der Waals surface area contributed by atoms with E-state index in [1.165, 1.54) is 17.3 Å². The van der Waals surface area contributed by atoms with Crippen LogP contribution in [0.4, 0.5) is 5.69 Å². The maximum atomic E-state index is 11.5. The average molecular weight is 460 g/mol. The number of piperazine rings is 1. The van der Waals surface area contributed by atoms with Crippen LogP contribution in [0.1, 0.15) is 18.4 Å². The second-order valence-corrected chi connectivity index (χ2v) is 8.89. The summed E-state index contributed by atoms with van der Waals surface area (Å²) in [6, 6.07) is 15.6. The van der Waals surface area contributed by atoms with E-state index in [4.69, 9.17) is 9.47 Å². The highest BCUT2D eigenvalue weighted by atomic mass is 16.5. The minimum atomic E-state index is -0.163. The molecule has 1 N–H and O–H groups in total. The first kappa shape index (κ1) is 22.2. The number of benzene rings is 1. The minimum Gasteiger partial charge on any atom is -0.492 e. The molecule has 1 fully saturated rings. The number of rotatable bonds is 7. The molecule has 0 amide bonds. The van der Waals surface area contributed by atoms with E-state index in [1.54, 1.807) is 6.07 Å². The monoisotopic (exact) mass is 459 g/mol. The first-order valence-corrected chi connectivity index (χ1v) is 11.9. The molecular weight excluding hydrogens is 430 g/mol. The van der Waals surface area contributed by atoms with Crippen molar-refractivity contribution in [3.63, 3.8) is 0 Å². The van der Waals surface area contributed by atoms with Gasteiger partial charge in [-0.1, -0.05) is 6.07 Å². The smallest absolute Gasteiger partial charge is 0.249 e. The zero-order valence-corrected chi connectivity index (χ0v) is 19.2. The van der Waals surface area contributed by atoms with Gasteiger partial charge in [0, 0.05) is 54.9 Å². The maximum absolute atomic E-state index is 11.5. The van der Waals surface area contributed by atoms with E-state index in [1.807, 2.05) is 18.2 Å². The van der Waals surface area contributed by atoms with Gasteiger partial charge in [0.05, 0.1) is 18.6 Å². The number of nitrogens with one attached hydrogen (secondary N) is 1. The number of ether oxygens (including phenoxy) is 2. The van der Waals surface area contributed by atoms with Gasteiger partial charge in [0.25, 0.3) is 0 Å². The molecule has 1 saturated heterocycles. The summed E-state index contributed by atoms with van der Waals surface area (Å²) in [5.74, 6) is 1.40. The molecule has 34 heavy (non-hydrogen) atoms. The Bertz CT molecular complexity index is 1240. The molecule has 0 spiro atoms. The average Bonchev–Trinajstić information content (AvgIpc) is 2.88. The van der Waals surface area contributed by atoms with Crippen molar-refractivity contribution < 1.29 is 9.47 Å². The van der Waals surface area contributed by atoms with Gasteiger partial charge in [0.2, 0.25) is 11.4 Å². The first-order chi connectivity index (χ1) is 16.7. The molecule has 176 valence electrons. The normalized spacial score (nSPS) is 18.2. The molecule has 1 atom stereocenters. The highest BCUT2D eigenvalue weighted by molar-refractivity contribution is 5.74. The van der Waals surface area contributed by atoms with Gasteiger partial charge in [-0.05, 0) is 50.1 Å². The van der Waals surface area contributed by atoms with Gasteiger partial charge < -0.3 is 19.4 Å². The Kier molecular flexibility index (Phi) is 6.63. The van der Waals surface area contributed by atoms with Crippen molar-refractivity contribution >= 4 is 16.7 Å². The number of nitrogens with zero attached hydrogens (tertiary/aromatic N) is 4. The first-order valence-electron chi connectivity index (χ1n) is 11.9. The summed E-state index contributed by atoms with van der Waals surface area (Å²) in [6.07, 6.45) is 2.78. The summed E-state index contributed by atoms with van der Waals surface area (Å²) in [5.41, 5.74) is 2.79. The third-order valence-electron chi connectivity index (χ3n) is 6.57. The molecule has 2 aromatic heterocycles. The second kappa shape index (κ2) is 10.1.